The number of anilines is 2. The Morgan fingerprint density at radius 2 is 1.89 bits per heavy atom. The summed E-state index contributed by atoms with van der Waals surface area (Å²) in [6.45, 7) is 4.90. The van der Waals surface area contributed by atoms with E-state index in [1.54, 1.807) is 0 Å². The first-order chi connectivity index (χ1) is 9.33. The Morgan fingerprint density at radius 1 is 1.11 bits per heavy atom. The Morgan fingerprint density at radius 3 is 2.68 bits per heavy atom. The van der Waals surface area contributed by atoms with Crippen molar-refractivity contribution in [3.8, 4) is 5.75 Å². The first-order valence-electron chi connectivity index (χ1n) is 7.57. The Hall–Kier alpha value is -1.38. The lowest BCUT2D eigenvalue weighted by atomic mass is 9.74. The number of hydrogen-bond acceptors (Lipinski definition) is 3. The van der Waals surface area contributed by atoms with Crippen LogP contribution in [0.5, 0.6) is 5.75 Å². The second kappa shape index (κ2) is 5.32. The summed E-state index contributed by atoms with van der Waals surface area (Å²) in [4.78, 5) is 0. The van der Waals surface area contributed by atoms with Gasteiger partial charge >= 0.3 is 0 Å². The van der Waals surface area contributed by atoms with Crippen LogP contribution in [0.25, 0.3) is 0 Å². The van der Waals surface area contributed by atoms with Gasteiger partial charge < -0.3 is 15.4 Å². The molecule has 19 heavy (non-hydrogen) atoms. The third-order valence-electron chi connectivity index (χ3n) is 4.53. The monoisotopic (exact) mass is 260 g/mol. The Labute approximate surface area is 115 Å². The van der Waals surface area contributed by atoms with Gasteiger partial charge in [0.05, 0.1) is 12.3 Å². The minimum absolute atomic E-state index is 0.431. The van der Waals surface area contributed by atoms with Crippen molar-refractivity contribution in [3.05, 3.63) is 18.2 Å². The van der Waals surface area contributed by atoms with Crippen molar-refractivity contribution in [2.45, 2.75) is 39.0 Å². The molecule has 0 atom stereocenters. The van der Waals surface area contributed by atoms with Gasteiger partial charge in [0.15, 0.2) is 0 Å². The maximum absolute atomic E-state index is 5.73. The highest BCUT2D eigenvalue weighted by Crippen LogP contribution is 2.42. The molecule has 0 aromatic heterocycles. The molecule has 1 spiro atoms. The standard InChI is InChI=1S/C16H24N2O/c1-2-19-14-8-6-7-13-15(14)18-12-16(11-17-13)9-4-3-5-10-16/h6-8,17-18H,2-5,9-12H2,1H3. The van der Waals surface area contributed by atoms with E-state index in [1.807, 2.05) is 6.92 Å². The van der Waals surface area contributed by atoms with Gasteiger partial charge in [0.25, 0.3) is 0 Å². The van der Waals surface area contributed by atoms with Gasteiger partial charge in [-0.25, -0.2) is 0 Å². The average molecular weight is 260 g/mol. The zero-order valence-electron chi connectivity index (χ0n) is 11.8. The second-order valence-corrected chi connectivity index (χ2v) is 5.88. The molecule has 2 N–H and O–H groups in total. The minimum Gasteiger partial charge on any atom is -0.492 e. The highest BCUT2D eigenvalue weighted by Gasteiger charge is 2.34. The van der Waals surface area contributed by atoms with Crippen molar-refractivity contribution in [3.63, 3.8) is 0 Å². The summed E-state index contributed by atoms with van der Waals surface area (Å²) in [6.07, 6.45) is 6.82. The molecule has 0 bridgehead atoms. The van der Waals surface area contributed by atoms with E-state index in [0.29, 0.717) is 12.0 Å². The van der Waals surface area contributed by atoms with E-state index >= 15 is 0 Å². The van der Waals surface area contributed by atoms with Gasteiger partial charge in [-0.2, -0.15) is 0 Å². The van der Waals surface area contributed by atoms with E-state index in [0.717, 1.165) is 24.5 Å². The van der Waals surface area contributed by atoms with Gasteiger partial charge in [-0.1, -0.05) is 25.3 Å². The number of para-hydroxylation sites is 1. The molecule has 1 saturated carbocycles. The number of hydrogen-bond donors (Lipinski definition) is 2. The first-order valence-corrected chi connectivity index (χ1v) is 7.57. The van der Waals surface area contributed by atoms with Crippen LogP contribution in [0.1, 0.15) is 39.0 Å². The number of rotatable bonds is 2. The van der Waals surface area contributed by atoms with E-state index in [9.17, 15) is 0 Å². The van der Waals surface area contributed by atoms with Gasteiger partial charge in [-0.05, 0) is 31.9 Å². The summed E-state index contributed by atoms with van der Waals surface area (Å²) >= 11 is 0. The zero-order valence-corrected chi connectivity index (χ0v) is 11.8. The molecule has 1 aromatic rings. The molecule has 1 aliphatic carbocycles. The number of benzene rings is 1. The zero-order chi connectivity index (χ0) is 13.1. The van der Waals surface area contributed by atoms with Crippen molar-refractivity contribution >= 4 is 11.4 Å². The van der Waals surface area contributed by atoms with Crippen molar-refractivity contribution in [1.29, 1.82) is 0 Å². The molecule has 1 fully saturated rings. The first kappa shape index (κ1) is 12.6. The maximum Gasteiger partial charge on any atom is 0.144 e. The van der Waals surface area contributed by atoms with Crippen LogP contribution in [0.4, 0.5) is 11.4 Å². The highest BCUT2D eigenvalue weighted by atomic mass is 16.5. The summed E-state index contributed by atoms with van der Waals surface area (Å²) < 4.78 is 5.73. The van der Waals surface area contributed by atoms with E-state index < -0.39 is 0 Å². The summed E-state index contributed by atoms with van der Waals surface area (Å²) in [7, 11) is 0. The molecule has 3 rings (SSSR count). The Bertz CT molecular complexity index is 438. The molecule has 2 aliphatic rings. The van der Waals surface area contributed by atoms with Crippen LogP contribution >= 0.6 is 0 Å². The van der Waals surface area contributed by atoms with Crippen LogP contribution in [0, 0.1) is 5.41 Å². The van der Waals surface area contributed by atoms with Gasteiger partial charge in [0.1, 0.15) is 11.4 Å². The predicted octanol–water partition coefficient (Wildman–Crippen LogP) is 3.87. The van der Waals surface area contributed by atoms with Crippen LogP contribution < -0.4 is 15.4 Å². The van der Waals surface area contributed by atoms with Crippen LogP contribution in [0.3, 0.4) is 0 Å². The van der Waals surface area contributed by atoms with Crippen LogP contribution in [-0.4, -0.2) is 19.7 Å². The molecule has 0 radical (unpaired) electrons. The number of fused-ring (bicyclic) bond motifs is 1. The lowest BCUT2D eigenvalue weighted by Crippen LogP contribution is -2.36. The molecule has 0 unspecified atom stereocenters. The quantitative estimate of drug-likeness (QED) is 0.846. The summed E-state index contributed by atoms with van der Waals surface area (Å²) in [5.41, 5.74) is 2.76. The largest absolute Gasteiger partial charge is 0.492 e. The fraction of sp³-hybridized carbons (Fsp3) is 0.625. The molecular weight excluding hydrogens is 236 g/mol. The van der Waals surface area contributed by atoms with Crippen molar-refractivity contribution < 1.29 is 4.74 Å². The van der Waals surface area contributed by atoms with Crippen LogP contribution in [-0.2, 0) is 0 Å². The topological polar surface area (TPSA) is 33.3 Å². The molecule has 0 amide bonds. The van der Waals surface area contributed by atoms with Gasteiger partial charge in [0, 0.05) is 18.5 Å². The third-order valence-corrected chi connectivity index (χ3v) is 4.53. The van der Waals surface area contributed by atoms with E-state index in [4.69, 9.17) is 4.74 Å². The maximum atomic E-state index is 5.73. The molecule has 104 valence electrons. The molecule has 1 aromatic carbocycles. The third kappa shape index (κ3) is 2.51. The molecule has 3 heteroatoms. The number of ether oxygens (including phenoxy) is 1. The highest BCUT2D eigenvalue weighted by molar-refractivity contribution is 5.76. The second-order valence-electron chi connectivity index (χ2n) is 5.88. The molecule has 1 heterocycles. The molecular formula is C16H24N2O. The predicted molar refractivity (Wildman–Crippen MR) is 80.1 cm³/mol. The smallest absolute Gasteiger partial charge is 0.144 e. The van der Waals surface area contributed by atoms with Gasteiger partial charge in [-0.15, -0.1) is 0 Å². The lowest BCUT2D eigenvalue weighted by Gasteiger charge is -2.36. The lowest BCUT2D eigenvalue weighted by molar-refractivity contribution is 0.224. The van der Waals surface area contributed by atoms with Gasteiger partial charge in [-0.3, -0.25) is 0 Å². The van der Waals surface area contributed by atoms with Crippen molar-refractivity contribution in [2.24, 2.45) is 5.41 Å². The Balaban J connectivity index is 1.83. The van der Waals surface area contributed by atoms with Crippen molar-refractivity contribution in [2.75, 3.05) is 30.3 Å². The summed E-state index contributed by atoms with van der Waals surface area (Å²) in [5, 5.41) is 7.29. The minimum atomic E-state index is 0.431. The SMILES string of the molecule is CCOc1cccc2c1NCC1(CCCCC1)CN2. The van der Waals surface area contributed by atoms with E-state index in [1.165, 1.54) is 37.8 Å². The summed E-state index contributed by atoms with van der Waals surface area (Å²) in [6, 6.07) is 6.26. The van der Waals surface area contributed by atoms with E-state index in [-0.39, 0.29) is 0 Å². The normalized spacial score (nSPS) is 20.9. The van der Waals surface area contributed by atoms with E-state index in [2.05, 4.69) is 28.8 Å². The van der Waals surface area contributed by atoms with Crippen molar-refractivity contribution in [1.82, 2.24) is 0 Å². The fourth-order valence-electron chi connectivity index (χ4n) is 3.41. The molecule has 3 nitrogen and oxygen atoms in total. The molecule has 0 saturated heterocycles. The van der Waals surface area contributed by atoms with Crippen LogP contribution in [0.15, 0.2) is 18.2 Å². The number of nitrogens with one attached hydrogen (secondary N) is 2. The molecule has 1 aliphatic heterocycles. The van der Waals surface area contributed by atoms with Gasteiger partial charge in [0.2, 0.25) is 0 Å². The fourth-order valence-corrected chi connectivity index (χ4v) is 3.41. The Kier molecular flexibility index (Phi) is 3.54. The summed E-state index contributed by atoms with van der Waals surface area (Å²) in [5.74, 6) is 0.973. The van der Waals surface area contributed by atoms with Crippen LogP contribution in [0.2, 0.25) is 0 Å². The average Bonchev–Trinajstić information content (AvgIpc) is 2.62.